The Balaban J connectivity index is 0.00000441. The van der Waals surface area contributed by atoms with Crippen LogP contribution in [0.4, 0.5) is 5.69 Å². The van der Waals surface area contributed by atoms with Crippen LogP contribution in [0.15, 0.2) is 18.2 Å². The first-order valence-electron chi connectivity index (χ1n) is 6.76. The number of ether oxygens (including phenoxy) is 1. The molecule has 8 heteroatoms. The molecule has 1 aromatic rings. The average Bonchev–Trinajstić information content (AvgIpc) is 2.51. The van der Waals surface area contributed by atoms with E-state index in [9.17, 15) is 14.9 Å². The summed E-state index contributed by atoms with van der Waals surface area (Å²) in [6.07, 6.45) is 1.44. The van der Waals surface area contributed by atoms with Gasteiger partial charge in [-0.3, -0.25) is 14.9 Å². The number of nitrogens with zero attached hydrogens (tertiary/aromatic N) is 1. The summed E-state index contributed by atoms with van der Waals surface area (Å²) in [5.74, 6) is -0.152. The zero-order valence-electron chi connectivity index (χ0n) is 12.9. The van der Waals surface area contributed by atoms with E-state index in [1.54, 1.807) is 0 Å². The van der Waals surface area contributed by atoms with E-state index in [1.165, 1.54) is 25.3 Å². The van der Waals surface area contributed by atoms with Gasteiger partial charge in [0.1, 0.15) is 5.75 Å². The molecule has 0 aliphatic carbocycles. The second-order valence-electron chi connectivity index (χ2n) is 4.89. The van der Waals surface area contributed by atoms with Crippen molar-refractivity contribution in [1.82, 2.24) is 5.32 Å². The summed E-state index contributed by atoms with van der Waals surface area (Å²) in [7, 11) is 1.41. The van der Waals surface area contributed by atoms with Gasteiger partial charge >= 0.3 is 0 Å². The van der Waals surface area contributed by atoms with Crippen LogP contribution in [0.3, 0.4) is 0 Å². The summed E-state index contributed by atoms with van der Waals surface area (Å²) in [5, 5.41) is 13.5. The summed E-state index contributed by atoms with van der Waals surface area (Å²) in [6, 6.07) is 3.90. The number of carbonyl (C=O) groups is 1. The number of hydrogen-bond acceptors (Lipinski definition) is 5. The highest BCUT2D eigenvalue weighted by Gasteiger charge is 2.23. The van der Waals surface area contributed by atoms with Crippen LogP contribution in [0.1, 0.15) is 37.0 Å². The standard InChI is InChI=1S/C14H21N3O4.ClH/c1-4-14(15,5-2)9-16-13(18)11-8-10(17(19)20)6-7-12(11)21-3;/h6-8H,4-5,9,15H2,1-3H3,(H,16,18);1H. The number of rotatable bonds is 7. The van der Waals surface area contributed by atoms with Gasteiger partial charge in [-0.05, 0) is 18.9 Å². The zero-order chi connectivity index (χ0) is 16.0. The number of nitro groups is 1. The molecule has 0 spiro atoms. The molecule has 1 aromatic carbocycles. The van der Waals surface area contributed by atoms with Crippen molar-refractivity contribution < 1.29 is 14.5 Å². The lowest BCUT2D eigenvalue weighted by molar-refractivity contribution is -0.384. The lowest BCUT2D eigenvalue weighted by Crippen LogP contribution is -2.49. The van der Waals surface area contributed by atoms with Gasteiger partial charge in [-0.15, -0.1) is 12.4 Å². The summed E-state index contributed by atoms with van der Waals surface area (Å²) >= 11 is 0. The van der Waals surface area contributed by atoms with E-state index in [0.717, 1.165) is 12.8 Å². The maximum absolute atomic E-state index is 12.2. The molecule has 0 aromatic heterocycles. The molecule has 0 unspecified atom stereocenters. The van der Waals surface area contributed by atoms with Crippen LogP contribution in [0, 0.1) is 10.1 Å². The molecule has 0 bridgehead atoms. The van der Waals surface area contributed by atoms with Gasteiger partial charge in [0.2, 0.25) is 0 Å². The SMILES string of the molecule is CCC(N)(CC)CNC(=O)c1cc([N+](=O)[O-])ccc1OC.Cl. The molecule has 124 valence electrons. The highest BCUT2D eigenvalue weighted by molar-refractivity contribution is 5.97. The minimum absolute atomic E-state index is 0. The number of methoxy groups -OCH3 is 1. The number of hydrogen-bond donors (Lipinski definition) is 2. The Hall–Kier alpha value is -1.86. The predicted molar refractivity (Wildman–Crippen MR) is 86.7 cm³/mol. The monoisotopic (exact) mass is 331 g/mol. The van der Waals surface area contributed by atoms with Gasteiger partial charge in [0.25, 0.3) is 11.6 Å². The topological polar surface area (TPSA) is 107 Å². The molecule has 7 nitrogen and oxygen atoms in total. The van der Waals surface area contributed by atoms with Crippen molar-refractivity contribution in [3.05, 3.63) is 33.9 Å². The highest BCUT2D eigenvalue weighted by Crippen LogP contribution is 2.24. The molecule has 0 aliphatic heterocycles. The lowest BCUT2D eigenvalue weighted by Gasteiger charge is -2.26. The van der Waals surface area contributed by atoms with E-state index >= 15 is 0 Å². The Morgan fingerprint density at radius 3 is 2.45 bits per heavy atom. The molecule has 22 heavy (non-hydrogen) atoms. The van der Waals surface area contributed by atoms with Crippen LogP contribution in [0.2, 0.25) is 0 Å². The summed E-state index contributed by atoms with van der Waals surface area (Å²) in [5.41, 5.74) is 5.60. The van der Waals surface area contributed by atoms with Gasteiger partial charge in [-0.25, -0.2) is 0 Å². The Labute approximate surface area is 135 Å². The Kier molecular flexibility index (Phi) is 7.83. The second kappa shape index (κ2) is 8.55. The summed E-state index contributed by atoms with van der Waals surface area (Å²) < 4.78 is 5.07. The maximum Gasteiger partial charge on any atom is 0.270 e. The molecule has 0 heterocycles. The molecule has 3 N–H and O–H groups in total. The number of nitrogens with two attached hydrogens (primary N) is 1. The number of amides is 1. The number of benzene rings is 1. The van der Waals surface area contributed by atoms with Gasteiger partial charge in [-0.1, -0.05) is 13.8 Å². The van der Waals surface area contributed by atoms with Crippen molar-refractivity contribution in [1.29, 1.82) is 0 Å². The molecule has 1 rings (SSSR count). The van der Waals surface area contributed by atoms with Crippen LogP contribution in [-0.2, 0) is 0 Å². The van der Waals surface area contributed by atoms with Crippen molar-refractivity contribution in [3.63, 3.8) is 0 Å². The number of non-ortho nitro benzene ring substituents is 1. The molecule has 0 atom stereocenters. The van der Waals surface area contributed by atoms with Gasteiger partial charge in [0.15, 0.2) is 0 Å². The third kappa shape index (κ3) is 4.85. The van der Waals surface area contributed by atoms with Crippen molar-refractivity contribution in [3.8, 4) is 5.75 Å². The van der Waals surface area contributed by atoms with Crippen molar-refractivity contribution in [2.45, 2.75) is 32.2 Å². The van der Waals surface area contributed by atoms with Crippen molar-refractivity contribution in [2.24, 2.45) is 5.73 Å². The second-order valence-corrected chi connectivity index (χ2v) is 4.89. The first-order valence-corrected chi connectivity index (χ1v) is 6.76. The maximum atomic E-state index is 12.2. The fourth-order valence-corrected chi connectivity index (χ4v) is 1.84. The molecular formula is C14H22ClN3O4. The van der Waals surface area contributed by atoms with Crippen LogP contribution >= 0.6 is 12.4 Å². The molecular weight excluding hydrogens is 310 g/mol. The summed E-state index contributed by atoms with van der Waals surface area (Å²) in [4.78, 5) is 22.5. The largest absolute Gasteiger partial charge is 0.496 e. The normalized spacial score (nSPS) is 10.5. The number of nitro benzene ring substituents is 1. The quantitative estimate of drug-likeness (QED) is 0.588. The van der Waals surface area contributed by atoms with E-state index < -0.39 is 16.4 Å². The first kappa shape index (κ1) is 20.1. The fourth-order valence-electron chi connectivity index (χ4n) is 1.84. The fraction of sp³-hybridized carbons (Fsp3) is 0.500. The minimum atomic E-state index is -0.554. The van der Waals surface area contributed by atoms with Crippen molar-refractivity contribution >= 4 is 24.0 Å². The van der Waals surface area contributed by atoms with Gasteiger partial charge in [0.05, 0.1) is 17.6 Å². The number of carbonyl (C=O) groups excluding carboxylic acids is 1. The van der Waals surface area contributed by atoms with E-state index in [2.05, 4.69) is 5.32 Å². The molecule has 0 saturated heterocycles. The molecule has 0 radical (unpaired) electrons. The molecule has 0 aliphatic rings. The predicted octanol–water partition coefficient (Wildman–Crippen LogP) is 2.27. The third-order valence-corrected chi connectivity index (χ3v) is 3.65. The smallest absolute Gasteiger partial charge is 0.270 e. The number of nitrogens with one attached hydrogen (secondary N) is 1. The zero-order valence-corrected chi connectivity index (χ0v) is 13.7. The van der Waals surface area contributed by atoms with E-state index in [0.29, 0.717) is 6.54 Å². The Bertz CT molecular complexity index is 533. The average molecular weight is 332 g/mol. The van der Waals surface area contributed by atoms with E-state index in [4.69, 9.17) is 10.5 Å². The van der Waals surface area contributed by atoms with E-state index in [1.807, 2.05) is 13.8 Å². The first-order chi connectivity index (χ1) is 9.86. The van der Waals surface area contributed by atoms with Crippen LogP contribution in [0.25, 0.3) is 0 Å². The Morgan fingerprint density at radius 2 is 2.00 bits per heavy atom. The minimum Gasteiger partial charge on any atom is -0.496 e. The van der Waals surface area contributed by atoms with Crippen molar-refractivity contribution in [2.75, 3.05) is 13.7 Å². The van der Waals surface area contributed by atoms with Crippen LogP contribution in [0.5, 0.6) is 5.75 Å². The molecule has 1 amide bonds. The summed E-state index contributed by atoms with van der Waals surface area (Å²) in [6.45, 7) is 4.19. The van der Waals surface area contributed by atoms with E-state index in [-0.39, 0.29) is 29.4 Å². The van der Waals surface area contributed by atoms with Crippen LogP contribution < -0.4 is 15.8 Å². The lowest BCUT2D eigenvalue weighted by atomic mass is 9.94. The highest BCUT2D eigenvalue weighted by atomic mass is 35.5. The third-order valence-electron chi connectivity index (χ3n) is 3.65. The Morgan fingerprint density at radius 1 is 1.41 bits per heavy atom. The van der Waals surface area contributed by atoms with Gasteiger partial charge in [-0.2, -0.15) is 0 Å². The number of halogens is 1. The molecule has 0 fully saturated rings. The van der Waals surface area contributed by atoms with Gasteiger partial charge < -0.3 is 15.8 Å². The van der Waals surface area contributed by atoms with Crippen LogP contribution in [-0.4, -0.2) is 30.0 Å². The van der Waals surface area contributed by atoms with Gasteiger partial charge in [0, 0.05) is 24.2 Å². The molecule has 0 saturated carbocycles.